The first-order valence-corrected chi connectivity index (χ1v) is 6.28. The number of aryl methyl sites for hydroxylation is 1. The lowest BCUT2D eigenvalue weighted by atomic mass is 10.2. The first-order chi connectivity index (χ1) is 9.13. The second kappa shape index (κ2) is 5.91. The Morgan fingerprint density at radius 2 is 2.16 bits per heavy atom. The summed E-state index contributed by atoms with van der Waals surface area (Å²) in [5, 5.41) is 3.88. The Labute approximate surface area is 117 Å². The van der Waals surface area contributed by atoms with E-state index < -0.39 is 0 Å². The summed E-state index contributed by atoms with van der Waals surface area (Å²) in [6.07, 6.45) is 1.75. The summed E-state index contributed by atoms with van der Waals surface area (Å²) in [5.41, 5.74) is 8.34. The monoisotopic (exact) mass is 277 g/mol. The van der Waals surface area contributed by atoms with E-state index in [4.69, 9.17) is 22.1 Å². The lowest BCUT2D eigenvalue weighted by molar-refractivity contribution is 0.416. The standard InChI is InChI=1S/C14H16ClN3O/c1-9-5-12(13(19-2)6-11(9)15)18-14-4-3-10(7-16)8-17-14/h3-6,8H,7,16H2,1-2H3,(H,17,18). The van der Waals surface area contributed by atoms with Gasteiger partial charge in [-0.15, -0.1) is 0 Å². The van der Waals surface area contributed by atoms with Crippen LogP contribution in [0.15, 0.2) is 30.5 Å². The number of aromatic nitrogens is 1. The molecule has 3 N–H and O–H groups in total. The van der Waals surface area contributed by atoms with E-state index in [0.29, 0.717) is 17.3 Å². The predicted molar refractivity (Wildman–Crippen MR) is 78.2 cm³/mol. The van der Waals surface area contributed by atoms with Crippen LogP contribution in [-0.2, 0) is 6.54 Å². The number of benzene rings is 1. The van der Waals surface area contributed by atoms with E-state index in [1.54, 1.807) is 19.4 Å². The number of anilines is 2. The van der Waals surface area contributed by atoms with Gasteiger partial charge in [-0.25, -0.2) is 4.98 Å². The van der Waals surface area contributed by atoms with E-state index in [9.17, 15) is 0 Å². The number of ether oxygens (including phenoxy) is 1. The molecule has 0 bridgehead atoms. The van der Waals surface area contributed by atoms with Gasteiger partial charge in [0.15, 0.2) is 0 Å². The van der Waals surface area contributed by atoms with E-state index in [2.05, 4.69) is 10.3 Å². The summed E-state index contributed by atoms with van der Waals surface area (Å²) in [6, 6.07) is 7.53. The van der Waals surface area contributed by atoms with Crippen LogP contribution >= 0.6 is 11.6 Å². The molecule has 100 valence electrons. The van der Waals surface area contributed by atoms with Crippen LogP contribution in [0, 0.1) is 6.92 Å². The number of nitrogens with two attached hydrogens (primary N) is 1. The summed E-state index contributed by atoms with van der Waals surface area (Å²) in [4.78, 5) is 4.29. The minimum absolute atomic E-state index is 0.483. The fourth-order valence-corrected chi connectivity index (χ4v) is 1.84. The van der Waals surface area contributed by atoms with Crippen molar-refractivity contribution in [2.45, 2.75) is 13.5 Å². The van der Waals surface area contributed by atoms with Crippen molar-refractivity contribution in [2.24, 2.45) is 5.73 Å². The van der Waals surface area contributed by atoms with E-state index in [1.807, 2.05) is 25.1 Å². The van der Waals surface area contributed by atoms with Gasteiger partial charge in [0.25, 0.3) is 0 Å². The fourth-order valence-electron chi connectivity index (χ4n) is 1.69. The van der Waals surface area contributed by atoms with Crippen LogP contribution in [0.3, 0.4) is 0 Å². The second-order valence-electron chi connectivity index (χ2n) is 4.18. The minimum atomic E-state index is 0.483. The van der Waals surface area contributed by atoms with E-state index in [-0.39, 0.29) is 0 Å². The zero-order valence-electron chi connectivity index (χ0n) is 10.9. The zero-order chi connectivity index (χ0) is 13.8. The predicted octanol–water partition coefficient (Wildman–Crippen LogP) is 3.25. The number of methoxy groups -OCH3 is 1. The topological polar surface area (TPSA) is 60.2 Å². The van der Waals surface area contributed by atoms with Crippen molar-refractivity contribution >= 4 is 23.1 Å². The molecule has 1 aromatic heterocycles. The lowest BCUT2D eigenvalue weighted by Gasteiger charge is -2.12. The first-order valence-electron chi connectivity index (χ1n) is 5.90. The number of nitrogens with one attached hydrogen (secondary N) is 1. The molecule has 0 unspecified atom stereocenters. The smallest absolute Gasteiger partial charge is 0.143 e. The third kappa shape index (κ3) is 3.16. The van der Waals surface area contributed by atoms with Gasteiger partial charge in [-0.1, -0.05) is 17.7 Å². The molecule has 0 amide bonds. The fraction of sp³-hybridized carbons (Fsp3) is 0.214. The Morgan fingerprint density at radius 1 is 1.37 bits per heavy atom. The van der Waals surface area contributed by atoms with Crippen molar-refractivity contribution in [3.8, 4) is 5.75 Å². The lowest BCUT2D eigenvalue weighted by Crippen LogP contribution is -2.00. The van der Waals surface area contributed by atoms with Gasteiger partial charge in [-0.2, -0.15) is 0 Å². The number of hydrogen-bond acceptors (Lipinski definition) is 4. The van der Waals surface area contributed by atoms with Gasteiger partial charge in [0.05, 0.1) is 12.8 Å². The normalized spacial score (nSPS) is 10.3. The zero-order valence-corrected chi connectivity index (χ0v) is 11.7. The van der Waals surface area contributed by atoms with Crippen LogP contribution < -0.4 is 15.8 Å². The van der Waals surface area contributed by atoms with E-state index >= 15 is 0 Å². The quantitative estimate of drug-likeness (QED) is 0.901. The van der Waals surface area contributed by atoms with Crippen LogP contribution in [0.4, 0.5) is 11.5 Å². The van der Waals surface area contributed by atoms with Crippen molar-refractivity contribution < 1.29 is 4.74 Å². The van der Waals surface area contributed by atoms with Crippen LogP contribution in [0.5, 0.6) is 5.75 Å². The molecular formula is C14H16ClN3O. The average Bonchev–Trinajstić information content (AvgIpc) is 2.43. The van der Waals surface area contributed by atoms with Gasteiger partial charge in [0, 0.05) is 23.8 Å². The molecule has 0 spiro atoms. The van der Waals surface area contributed by atoms with E-state index in [1.165, 1.54) is 0 Å². The summed E-state index contributed by atoms with van der Waals surface area (Å²) >= 11 is 6.07. The molecule has 4 nitrogen and oxygen atoms in total. The highest BCUT2D eigenvalue weighted by molar-refractivity contribution is 6.31. The molecule has 0 atom stereocenters. The SMILES string of the molecule is COc1cc(Cl)c(C)cc1Nc1ccc(CN)cn1. The van der Waals surface area contributed by atoms with Crippen molar-refractivity contribution in [1.29, 1.82) is 0 Å². The van der Waals surface area contributed by atoms with Gasteiger partial charge in [-0.3, -0.25) is 0 Å². The minimum Gasteiger partial charge on any atom is -0.495 e. The molecule has 19 heavy (non-hydrogen) atoms. The Balaban J connectivity index is 2.28. The number of pyridine rings is 1. The molecule has 0 aliphatic carbocycles. The number of rotatable bonds is 4. The van der Waals surface area contributed by atoms with Gasteiger partial charge < -0.3 is 15.8 Å². The average molecular weight is 278 g/mol. The molecule has 5 heteroatoms. The van der Waals surface area contributed by atoms with Crippen molar-refractivity contribution in [3.05, 3.63) is 46.6 Å². The van der Waals surface area contributed by atoms with Crippen LogP contribution in [0.25, 0.3) is 0 Å². The molecular weight excluding hydrogens is 262 g/mol. The maximum Gasteiger partial charge on any atom is 0.143 e. The summed E-state index contributed by atoms with van der Waals surface area (Å²) in [5.74, 6) is 1.41. The summed E-state index contributed by atoms with van der Waals surface area (Å²) in [6.45, 7) is 2.43. The Morgan fingerprint density at radius 3 is 2.74 bits per heavy atom. The molecule has 0 saturated carbocycles. The van der Waals surface area contributed by atoms with Crippen LogP contribution in [0.2, 0.25) is 5.02 Å². The third-order valence-electron chi connectivity index (χ3n) is 2.80. The number of halogens is 1. The molecule has 0 saturated heterocycles. The highest BCUT2D eigenvalue weighted by atomic mass is 35.5. The second-order valence-corrected chi connectivity index (χ2v) is 4.59. The molecule has 0 aliphatic heterocycles. The number of nitrogens with zero attached hydrogens (tertiary/aromatic N) is 1. The summed E-state index contributed by atoms with van der Waals surface area (Å²) in [7, 11) is 1.61. The third-order valence-corrected chi connectivity index (χ3v) is 3.21. The Hall–Kier alpha value is -1.78. The molecule has 2 rings (SSSR count). The molecule has 0 fully saturated rings. The Bertz CT molecular complexity index is 570. The van der Waals surface area contributed by atoms with Crippen molar-refractivity contribution in [1.82, 2.24) is 4.98 Å². The highest BCUT2D eigenvalue weighted by Crippen LogP contribution is 2.32. The largest absolute Gasteiger partial charge is 0.495 e. The molecule has 1 aromatic carbocycles. The van der Waals surface area contributed by atoms with Crippen LogP contribution in [-0.4, -0.2) is 12.1 Å². The van der Waals surface area contributed by atoms with E-state index in [0.717, 1.165) is 22.6 Å². The van der Waals surface area contributed by atoms with Gasteiger partial charge in [-0.05, 0) is 30.2 Å². The maximum absolute atomic E-state index is 6.07. The first kappa shape index (κ1) is 13.6. The van der Waals surface area contributed by atoms with Gasteiger partial charge in [0.2, 0.25) is 0 Å². The van der Waals surface area contributed by atoms with Gasteiger partial charge in [0.1, 0.15) is 11.6 Å². The molecule has 0 radical (unpaired) electrons. The molecule has 0 aliphatic rings. The Kier molecular flexibility index (Phi) is 4.24. The van der Waals surface area contributed by atoms with Crippen LogP contribution in [0.1, 0.15) is 11.1 Å². The highest BCUT2D eigenvalue weighted by Gasteiger charge is 2.07. The van der Waals surface area contributed by atoms with Crippen molar-refractivity contribution in [2.75, 3.05) is 12.4 Å². The summed E-state index contributed by atoms with van der Waals surface area (Å²) < 4.78 is 5.30. The molecule has 2 aromatic rings. The maximum atomic E-state index is 6.07. The van der Waals surface area contributed by atoms with Gasteiger partial charge >= 0.3 is 0 Å². The molecule has 1 heterocycles. The van der Waals surface area contributed by atoms with Crippen molar-refractivity contribution in [3.63, 3.8) is 0 Å². The number of hydrogen-bond donors (Lipinski definition) is 2.